The van der Waals surface area contributed by atoms with Crippen LogP contribution in [0.4, 0.5) is 11.4 Å². The summed E-state index contributed by atoms with van der Waals surface area (Å²) in [7, 11) is 0. The molecule has 4 nitrogen and oxygen atoms in total. The minimum Gasteiger partial charge on any atom is -0.381 e. The first kappa shape index (κ1) is 17.4. The van der Waals surface area contributed by atoms with Gasteiger partial charge in [0, 0.05) is 28.2 Å². The zero-order chi connectivity index (χ0) is 17.8. The molecule has 1 aliphatic rings. The van der Waals surface area contributed by atoms with Gasteiger partial charge in [0.2, 0.25) is 5.91 Å². The highest BCUT2D eigenvalue weighted by Crippen LogP contribution is 2.34. The van der Waals surface area contributed by atoms with Crippen LogP contribution in [0.2, 0.25) is 5.02 Å². The molecule has 1 heterocycles. The Bertz CT molecular complexity index is 816. The summed E-state index contributed by atoms with van der Waals surface area (Å²) in [5.41, 5.74) is 10.4. The first-order valence-electron chi connectivity index (χ1n) is 8.42. The number of nitrogens with two attached hydrogens (primary N) is 1. The van der Waals surface area contributed by atoms with Gasteiger partial charge in [-0.3, -0.25) is 4.79 Å². The fourth-order valence-corrected chi connectivity index (χ4v) is 3.36. The zero-order valence-corrected chi connectivity index (χ0v) is 14.9. The van der Waals surface area contributed by atoms with Crippen LogP contribution in [0.25, 0.3) is 0 Å². The van der Waals surface area contributed by atoms with Gasteiger partial charge in [-0.05, 0) is 55.5 Å². The van der Waals surface area contributed by atoms with Crippen molar-refractivity contribution in [2.24, 2.45) is 5.73 Å². The number of allylic oxidation sites excluding steroid dienone is 1. The maximum Gasteiger partial charge on any atom is 0.243 e. The van der Waals surface area contributed by atoms with Crippen molar-refractivity contribution in [2.45, 2.75) is 32.2 Å². The first-order valence-corrected chi connectivity index (χ1v) is 8.80. The van der Waals surface area contributed by atoms with Crippen LogP contribution in [0.15, 0.2) is 54.2 Å². The Morgan fingerprint density at radius 1 is 1.24 bits per heavy atom. The summed E-state index contributed by atoms with van der Waals surface area (Å²) in [6, 6.07) is 14.2. The van der Waals surface area contributed by atoms with Crippen molar-refractivity contribution < 1.29 is 4.79 Å². The maximum atomic E-state index is 11.2. The fourth-order valence-electron chi connectivity index (χ4n) is 3.19. The van der Waals surface area contributed by atoms with Gasteiger partial charge in [0.1, 0.15) is 0 Å². The third kappa shape index (κ3) is 4.15. The molecule has 1 atom stereocenters. The molecular formula is C20H22ClN3O. The molecular weight excluding hydrogens is 334 g/mol. The molecule has 1 aliphatic heterocycles. The summed E-state index contributed by atoms with van der Waals surface area (Å²) < 4.78 is 0. The van der Waals surface area contributed by atoms with Gasteiger partial charge in [-0.15, -0.1) is 0 Å². The van der Waals surface area contributed by atoms with Crippen LogP contribution in [0.5, 0.6) is 0 Å². The molecule has 0 saturated carbocycles. The van der Waals surface area contributed by atoms with Crippen LogP contribution in [-0.2, 0) is 4.79 Å². The van der Waals surface area contributed by atoms with Crippen molar-refractivity contribution in [1.29, 1.82) is 0 Å². The van der Waals surface area contributed by atoms with Crippen molar-refractivity contribution in [3.05, 3.63) is 70.4 Å². The van der Waals surface area contributed by atoms with Crippen LogP contribution in [0, 0.1) is 6.92 Å². The average molecular weight is 356 g/mol. The number of piperidine rings is 1. The molecule has 4 N–H and O–H groups in total. The Labute approximate surface area is 153 Å². The number of benzene rings is 2. The van der Waals surface area contributed by atoms with Gasteiger partial charge in [-0.1, -0.05) is 35.9 Å². The van der Waals surface area contributed by atoms with Gasteiger partial charge in [0.25, 0.3) is 0 Å². The van der Waals surface area contributed by atoms with Gasteiger partial charge < -0.3 is 16.4 Å². The van der Waals surface area contributed by atoms with E-state index < -0.39 is 5.91 Å². The molecule has 0 bridgehead atoms. The van der Waals surface area contributed by atoms with Gasteiger partial charge in [0.05, 0.1) is 6.04 Å². The number of carbonyl (C=O) groups excluding carboxylic acids is 1. The van der Waals surface area contributed by atoms with Crippen LogP contribution < -0.4 is 16.4 Å². The molecule has 0 aliphatic carbocycles. The van der Waals surface area contributed by atoms with Crippen molar-refractivity contribution in [1.82, 2.24) is 5.32 Å². The zero-order valence-electron chi connectivity index (χ0n) is 14.2. The molecule has 2 aromatic carbocycles. The lowest BCUT2D eigenvalue weighted by Crippen LogP contribution is -2.27. The van der Waals surface area contributed by atoms with E-state index in [1.807, 2.05) is 37.3 Å². The van der Waals surface area contributed by atoms with E-state index in [1.54, 1.807) is 0 Å². The topological polar surface area (TPSA) is 67.1 Å². The third-order valence-corrected chi connectivity index (χ3v) is 4.90. The van der Waals surface area contributed by atoms with Crippen molar-refractivity contribution in [2.75, 3.05) is 5.32 Å². The molecule has 1 amide bonds. The smallest absolute Gasteiger partial charge is 0.243 e. The van der Waals surface area contributed by atoms with Crippen LogP contribution in [0.3, 0.4) is 0 Å². The number of primary amides is 1. The Morgan fingerprint density at radius 2 is 2.00 bits per heavy atom. The van der Waals surface area contributed by atoms with E-state index in [-0.39, 0.29) is 6.04 Å². The van der Waals surface area contributed by atoms with Gasteiger partial charge in [0.15, 0.2) is 0 Å². The number of halogens is 1. The molecule has 5 heteroatoms. The fraction of sp³-hybridized carbons (Fsp3) is 0.250. The summed E-state index contributed by atoms with van der Waals surface area (Å²) in [6.45, 7) is 2.00. The Kier molecular flexibility index (Phi) is 5.29. The predicted octanol–water partition coefficient (Wildman–Crippen LogP) is 4.58. The number of hydrogen-bond acceptors (Lipinski definition) is 3. The summed E-state index contributed by atoms with van der Waals surface area (Å²) in [4.78, 5) is 11.2. The summed E-state index contributed by atoms with van der Waals surface area (Å²) in [6.07, 6.45) is 4.36. The lowest BCUT2D eigenvalue weighted by atomic mass is 9.94. The average Bonchev–Trinajstić information content (AvgIpc) is 2.59. The third-order valence-electron chi connectivity index (χ3n) is 4.49. The Morgan fingerprint density at radius 3 is 2.80 bits per heavy atom. The van der Waals surface area contributed by atoms with E-state index in [4.69, 9.17) is 17.3 Å². The van der Waals surface area contributed by atoms with Crippen LogP contribution >= 0.6 is 11.6 Å². The molecule has 3 rings (SSSR count). The second kappa shape index (κ2) is 7.62. The molecule has 130 valence electrons. The monoisotopic (exact) mass is 355 g/mol. The minimum atomic E-state index is -0.413. The molecule has 1 fully saturated rings. The number of anilines is 2. The molecule has 0 spiro atoms. The number of hydrogen-bond donors (Lipinski definition) is 3. The first-order chi connectivity index (χ1) is 12.0. The second-order valence-corrected chi connectivity index (χ2v) is 6.69. The quantitative estimate of drug-likeness (QED) is 0.703. The summed E-state index contributed by atoms with van der Waals surface area (Å²) >= 11 is 6.23. The Balaban J connectivity index is 1.88. The van der Waals surface area contributed by atoms with Crippen LogP contribution in [-0.4, -0.2) is 5.91 Å². The molecule has 0 aromatic heterocycles. The molecule has 2 aromatic rings. The number of carbonyl (C=O) groups is 1. The standard InChI is InChI=1S/C20H22ClN3O/c1-13-16(21)8-5-10-17(13)24-19-9-3-2-7-15(19)18-11-4-6-14(23-18)12-20(22)25/h2-3,5,7-10,12,18,23-24H,4,6,11H2,1H3,(H2,22,25)/b14-12-. The second-order valence-electron chi connectivity index (χ2n) is 6.29. The minimum absolute atomic E-state index is 0.141. The van der Waals surface area contributed by atoms with Crippen molar-refractivity contribution >= 4 is 28.9 Å². The van der Waals surface area contributed by atoms with Crippen molar-refractivity contribution in [3.8, 4) is 0 Å². The normalized spacial score (nSPS) is 18.6. The van der Waals surface area contributed by atoms with E-state index in [0.717, 1.165) is 52.5 Å². The van der Waals surface area contributed by atoms with E-state index in [2.05, 4.69) is 22.8 Å². The SMILES string of the molecule is Cc1c(Cl)cccc1Nc1ccccc1C1CCC/C(=C/C(N)=O)N1. The van der Waals surface area contributed by atoms with Gasteiger partial charge in [-0.2, -0.15) is 0 Å². The highest BCUT2D eigenvalue weighted by Gasteiger charge is 2.20. The molecule has 0 radical (unpaired) electrons. The summed E-state index contributed by atoms with van der Waals surface area (Å²) in [5, 5.41) is 7.69. The molecule has 25 heavy (non-hydrogen) atoms. The number of para-hydroxylation sites is 1. The van der Waals surface area contributed by atoms with Gasteiger partial charge >= 0.3 is 0 Å². The molecule has 1 unspecified atom stereocenters. The highest BCUT2D eigenvalue weighted by atomic mass is 35.5. The van der Waals surface area contributed by atoms with E-state index in [1.165, 1.54) is 6.08 Å². The number of amides is 1. The lowest BCUT2D eigenvalue weighted by Gasteiger charge is -2.29. The van der Waals surface area contributed by atoms with E-state index >= 15 is 0 Å². The molecule has 1 saturated heterocycles. The van der Waals surface area contributed by atoms with Crippen LogP contribution in [0.1, 0.15) is 36.4 Å². The largest absolute Gasteiger partial charge is 0.381 e. The summed E-state index contributed by atoms with van der Waals surface area (Å²) in [5.74, 6) is -0.413. The predicted molar refractivity (Wildman–Crippen MR) is 103 cm³/mol. The Hall–Kier alpha value is -2.46. The number of nitrogens with one attached hydrogen (secondary N) is 2. The van der Waals surface area contributed by atoms with E-state index in [0.29, 0.717) is 0 Å². The highest BCUT2D eigenvalue weighted by molar-refractivity contribution is 6.31. The van der Waals surface area contributed by atoms with Crippen molar-refractivity contribution in [3.63, 3.8) is 0 Å². The number of rotatable bonds is 4. The van der Waals surface area contributed by atoms with Gasteiger partial charge in [-0.25, -0.2) is 0 Å². The maximum absolute atomic E-state index is 11.2. The van der Waals surface area contributed by atoms with E-state index in [9.17, 15) is 4.79 Å². The lowest BCUT2D eigenvalue weighted by molar-refractivity contribution is -0.113.